The Morgan fingerprint density at radius 3 is 2.56 bits per heavy atom. The molecule has 2 aliphatic rings. The molecule has 4 heterocycles. The summed E-state index contributed by atoms with van der Waals surface area (Å²) in [4.78, 5) is 30.1. The fourth-order valence-corrected chi connectivity index (χ4v) is 5.38. The van der Waals surface area contributed by atoms with Crippen LogP contribution in [0, 0.1) is 18.2 Å². The predicted molar refractivity (Wildman–Crippen MR) is 143 cm³/mol. The summed E-state index contributed by atoms with van der Waals surface area (Å²) in [6.45, 7) is 11.8. The minimum absolute atomic E-state index is 0.000154. The summed E-state index contributed by atoms with van der Waals surface area (Å²) in [5.41, 5.74) is -0.406. The highest BCUT2D eigenvalue weighted by Gasteiger charge is 2.49. The molecule has 3 aromatic rings. The van der Waals surface area contributed by atoms with Crippen molar-refractivity contribution in [2.75, 3.05) is 36.4 Å². The predicted octanol–water partition coefficient (Wildman–Crippen LogP) is 6.03. The van der Waals surface area contributed by atoms with E-state index in [1.165, 1.54) is 12.1 Å². The van der Waals surface area contributed by atoms with E-state index in [0.717, 1.165) is 31.4 Å². The van der Waals surface area contributed by atoms with Crippen LogP contribution in [0.3, 0.4) is 0 Å². The molecule has 1 amide bonds. The summed E-state index contributed by atoms with van der Waals surface area (Å²) in [6, 6.07) is 5.28. The van der Waals surface area contributed by atoms with Crippen molar-refractivity contribution in [1.82, 2.24) is 19.9 Å². The Balaban J connectivity index is 1.34. The molecule has 2 aliphatic heterocycles. The lowest BCUT2D eigenvalue weighted by molar-refractivity contribution is 0.0265. The van der Waals surface area contributed by atoms with Gasteiger partial charge in [-0.1, -0.05) is 18.2 Å². The number of halogens is 3. The summed E-state index contributed by atoms with van der Waals surface area (Å²) in [5.74, 6) is 0.804. The summed E-state index contributed by atoms with van der Waals surface area (Å²) < 4.78 is 46.8. The summed E-state index contributed by atoms with van der Waals surface area (Å²) in [7, 11) is 0. The van der Waals surface area contributed by atoms with Crippen molar-refractivity contribution in [2.45, 2.75) is 59.1 Å². The number of aromatic nitrogens is 3. The zero-order valence-electron chi connectivity index (χ0n) is 22.8. The molecular formula is C28H33F3N6O2. The lowest BCUT2D eigenvalue weighted by Crippen LogP contribution is -2.58. The summed E-state index contributed by atoms with van der Waals surface area (Å²) in [5, 5.41) is 3.90. The standard InChI is InChI=1S/C28H33F3N6O2/c1-16(18-7-6-8-19(23(18)29)24(30)31)33-25-20-11-22(32-12-21(20)34-17(2)35-25)37-14-28(15-37)9-10-36(13-28)26(38)39-27(3,4)5/h6-8,11-12,16,24H,9-10,13-15H2,1-5H3,(H,33,34,35)/t16-/m1/s1. The van der Waals surface area contributed by atoms with Gasteiger partial charge in [0.25, 0.3) is 6.43 Å². The second kappa shape index (κ2) is 9.84. The number of rotatable bonds is 5. The van der Waals surface area contributed by atoms with Gasteiger partial charge in [0.15, 0.2) is 0 Å². The van der Waals surface area contributed by atoms with Gasteiger partial charge in [0.1, 0.15) is 28.9 Å². The zero-order valence-corrected chi connectivity index (χ0v) is 22.8. The number of fused-ring (bicyclic) bond motifs is 1. The van der Waals surface area contributed by atoms with E-state index >= 15 is 0 Å². The maximum atomic E-state index is 14.8. The maximum absolute atomic E-state index is 14.8. The number of amides is 1. The molecule has 2 fully saturated rings. The van der Waals surface area contributed by atoms with E-state index in [1.54, 1.807) is 24.9 Å². The Labute approximate surface area is 225 Å². The molecule has 0 unspecified atom stereocenters. The first-order valence-electron chi connectivity index (χ1n) is 13.0. The second-order valence-corrected chi connectivity index (χ2v) is 11.6. The molecule has 2 aromatic heterocycles. The minimum Gasteiger partial charge on any atom is -0.444 e. The third kappa shape index (κ3) is 5.44. The van der Waals surface area contributed by atoms with Gasteiger partial charge in [-0.2, -0.15) is 0 Å². The monoisotopic (exact) mass is 542 g/mol. The van der Waals surface area contributed by atoms with E-state index in [0.29, 0.717) is 35.6 Å². The molecule has 1 N–H and O–H groups in total. The fraction of sp³-hybridized carbons (Fsp3) is 0.500. The van der Waals surface area contributed by atoms with Crippen molar-refractivity contribution in [3.63, 3.8) is 0 Å². The molecular weight excluding hydrogens is 509 g/mol. The molecule has 39 heavy (non-hydrogen) atoms. The van der Waals surface area contributed by atoms with Crippen molar-refractivity contribution in [2.24, 2.45) is 5.41 Å². The number of hydrogen-bond donors (Lipinski definition) is 1. The fourth-order valence-electron chi connectivity index (χ4n) is 5.38. The van der Waals surface area contributed by atoms with Crippen LogP contribution in [-0.4, -0.2) is 57.7 Å². The number of carbonyl (C=O) groups is 1. The van der Waals surface area contributed by atoms with Gasteiger partial charge < -0.3 is 19.9 Å². The van der Waals surface area contributed by atoms with Crippen molar-refractivity contribution < 1.29 is 22.7 Å². The minimum atomic E-state index is -2.90. The van der Waals surface area contributed by atoms with E-state index in [2.05, 4.69) is 25.2 Å². The number of carbonyl (C=O) groups excluding carboxylic acids is 1. The molecule has 1 aromatic carbocycles. The molecule has 11 heteroatoms. The van der Waals surface area contributed by atoms with Crippen LogP contribution in [0.1, 0.15) is 63.5 Å². The topological polar surface area (TPSA) is 83.5 Å². The van der Waals surface area contributed by atoms with Crippen LogP contribution in [-0.2, 0) is 4.74 Å². The van der Waals surface area contributed by atoms with Crippen LogP contribution in [0.4, 0.5) is 29.6 Å². The first kappa shape index (κ1) is 27.0. The molecule has 208 valence electrons. The number of likely N-dealkylation sites (tertiary alicyclic amines) is 1. The van der Waals surface area contributed by atoms with Crippen LogP contribution in [0.15, 0.2) is 30.5 Å². The average Bonchev–Trinajstić information content (AvgIpc) is 3.28. The number of aryl methyl sites for hydroxylation is 1. The van der Waals surface area contributed by atoms with Gasteiger partial charge in [0.05, 0.1) is 23.3 Å². The molecule has 0 bridgehead atoms. The zero-order chi connectivity index (χ0) is 28.1. The molecule has 0 radical (unpaired) electrons. The van der Waals surface area contributed by atoms with E-state index in [1.807, 2.05) is 26.8 Å². The third-order valence-electron chi connectivity index (χ3n) is 7.26. The van der Waals surface area contributed by atoms with Crippen LogP contribution in [0.25, 0.3) is 10.9 Å². The molecule has 0 aliphatic carbocycles. The highest BCUT2D eigenvalue weighted by Crippen LogP contribution is 2.42. The Bertz CT molecular complexity index is 1400. The molecule has 0 saturated carbocycles. The van der Waals surface area contributed by atoms with Crippen molar-refractivity contribution in [3.05, 3.63) is 53.2 Å². The van der Waals surface area contributed by atoms with Gasteiger partial charge in [-0.15, -0.1) is 0 Å². The summed E-state index contributed by atoms with van der Waals surface area (Å²) in [6.07, 6.45) is -0.607. The highest BCUT2D eigenvalue weighted by atomic mass is 19.3. The summed E-state index contributed by atoms with van der Waals surface area (Å²) >= 11 is 0. The lowest BCUT2D eigenvalue weighted by atomic mass is 9.79. The number of ether oxygens (including phenoxy) is 1. The Hall–Kier alpha value is -3.63. The Kier molecular flexibility index (Phi) is 6.80. The normalized spacial score (nSPS) is 17.6. The molecule has 1 spiro atoms. The second-order valence-electron chi connectivity index (χ2n) is 11.6. The van der Waals surface area contributed by atoms with Gasteiger partial charge in [-0.25, -0.2) is 32.9 Å². The van der Waals surface area contributed by atoms with Crippen LogP contribution in [0.2, 0.25) is 0 Å². The molecule has 5 rings (SSSR count). The van der Waals surface area contributed by atoms with Gasteiger partial charge in [0, 0.05) is 42.5 Å². The first-order chi connectivity index (χ1) is 18.3. The van der Waals surface area contributed by atoms with Crippen LogP contribution in [0.5, 0.6) is 0 Å². The Morgan fingerprint density at radius 2 is 1.87 bits per heavy atom. The van der Waals surface area contributed by atoms with Crippen molar-refractivity contribution >= 4 is 28.6 Å². The van der Waals surface area contributed by atoms with Crippen molar-refractivity contribution in [3.8, 4) is 0 Å². The first-order valence-corrected chi connectivity index (χ1v) is 13.0. The number of hydrogen-bond acceptors (Lipinski definition) is 7. The van der Waals surface area contributed by atoms with E-state index < -0.39 is 29.4 Å². The Morgan fingerprint density at radius 1 is 1.15 bits per heavy atom. The maximum Gasteiger partial charge on any atom is 0.410 e. The van der Waals surface area contributed by atoms with Crippen LogP contribution >= 0.6 is 0 Å². The highest BCUT2D eigenvalue weighted by molar-refractivity contribution is 5.90. The number of anilines is 2. The molecule has 8 nitrogen and oxygen atoms in total. The number of benzene rings is 1. The number of pyridine rings is 1. The van der Waals surface area contributed by atoms with Gasteiger partial charge >= 0.3 is 6.09 Å². The van der Waals surface area contributed by atoms with Crippen LogP contribution < -0.4 is 10.2 Å². The number of alkyl halides is 2. The van der Waals surface area contributed by atoms with Gasteiger partial charge in [-0.3, -0.25) is 0 Å². The average molecular weight is 543 g/mol. The molecule has 2 saturated heterocycles. The smallest absolute Gasteiger partial charge is 0.410 e. The third-order valence-corrected chi connectivity index (χ3v) is 7.26. The van der Waals surface area contributed by atoms with E-state index in [4.69, 9.17) is 4.74 Å². The lowest BCUT2D eigenvalue weighted by Gasteiger charge is -2.48. The van der Waals surface area contributed by atoms with E-state index in [-0.39, 0.29) is 17.1 Å². The number of nitrogens with one attached hydrogen (secondary N) is 1. The SMILES string of the molecule is Cc1nc(N[C@H](C)c2cccc(C(F)F)c2F)c2cc(N3CC4(CCN(C(=O)OC(C)(C)C)C4)C3)ncc2n1. The quantitative estimate of drug-likeness (QED) is 0.422. The van der Waals surface area contributed by atoms with Gasteiger partial charge in [0.2, 0.25) is 0 Å². The number of nitrogens with zero attached hydrogens (tertiary/aromatic N) is 5. The van der Waals surface area contributed by atoms with Gasteiger partial charge in [-0.05, 0) is 47.1 Å². The van der Waals surface area contributed by atoms with E-state index in [9.17, 15) is 18.0 Å². The van der Waals surface area contributed by atoms with Crippen molar-refractivity contribution in [1.29, 1.82) is 0 Å². The molecule has 1 atom stereocenters. The largest absolute Gasteiger partial charge is 0.444 e.